The van der Waals surface area contributed by atoms with Gasteiger partial charge in [0.1, 0.15) is 5.01 Å². The van der Waals surface area contributed by atoms with Crippen molar-refractivity contribution in [2.75, 3.05) is 39.3 Å². The zero-order chi connectivity index (χ0) is 17.6. The van der Waals surface area contributed by atoms with Crippen LogP contribution in [0.2, 0.25) is 0 Å². The minimum atomic E-state index is 0.0471. The molecule has 134 valence electrons. The smallest absolute Gasteiger partial charge is 0.234 e. The van der Waals surface area contributed by atoms with Crippen LogP contribution in [0.25, 0.3) is 9.88 Å². The number of aromatic nitrogens is 1. The number of nitrogens with zero attached hydrogens (tertiary/aromatic N) is 3. The number of carbonyl (C=O) groups is 2. The summed E-state index contributed by atoms with van der Waals surface area (Å²) >= 11 is 3.24. The van der Waals surface area contributed by atoms with Gasteiger partial charge in [-0.05, 0) is 18.4 Å². The van der Waals surface area contributed by atoms with E-state index in [0.717, 1.165) is 28.7 Å². The highest BCUT2D eigenvalue weighted by molar-refractivity contribution is 7.20. The first kappa shape index (κ1) is 18.0. The second-order valence-electron chi connectivity index (χ2n) is 5.91. The van der Waals surface area contributed by atoms with Gasteiger partial charge >= 0.3 is 0 Å². The molecule has 25 heavy (non-hydrogen) atoms. The van der Waals surface area contributed by atoms with Crippen LogP contribution in [0.1, 0.15) is 12.6 Å². The molecule has 3 rings (SSSR count). The normalized spacial score (nSPS) is 15.3. The largest absolute Gasteiger partial charge is 0.355 e. The molecular weight excluding hydrogens is 356 g/mol. The van der Waals surface area contributed by atoms with Gasteiger partial charge in [0.05, 0.1) is 23.5 Å². The highest BCUT2D eigenvalue weighted by atomic mass is 32.1. The summed E-state index contributed by atoms with van der Waals surface area (Å²) in [7, 11) is 0. The van der Waals surface area contributed by atoms with E-state index in [9.17, 15) is 9.59 Å². The lowest BCUT2D eigenvalue weighted by Crippen LogP contribution is -2.51. The summed E-state index contributed by atoms with van der Waals surface area (Å²) in [6.07, 6.45) is 0.345. The van der Waals surface area contributed by atoms with Gasteiger partial charge in [-0.1, -0.05) is 6.07 Å². The van der Waals surface area contributed by atoms with Crippen LogP contribution in [0, 0.1) is 0 Å². The quantitative estimate of drug-likeness (QED) is 0.831. The molecule has 0 atom stereocenters. The van der Waals surface area contributed by atoms with E-state index in [1.54, 1.807) is 22.7 Å². The Kier molecular flexibility index (Phi) is 6.17. The Labute approximate surface area is 155 Å². The minimum Gasteiger partial charge on any atom is -0.355 e. The Balaban J connectivity index is 1.47. The van der Waals surface area contributed by atoms with E-state index in [1.807, 2.05) is 34.7 Å². The average Bonchev–Trinajstić information content (AvgIpc) is 3.27. The zero-order valence-corrected chi connectivity index (χ0v) is 15.9. The fraction of sp³-hybridized carbons (Fsp3) is 0.471. The van der Waals surface area contributed by atoms with Gasteiger partial charge in [0.15, 0.2) is 0 Å². The molecule has 2 aromatic rings. The van der Waals surface area contributed by atoms with Gasteiger partial charge in [0, 0.05) is 38.1 Å². The number of thiophene rings is 1. The Bertz CT molecular complexity index is 706. The molecule has 1 fully saturated rings. The predicted octanol–water partition coefficient (Wildman–Crippen LogP) is 1.69. The topological polar surface area (TPSA) is 65.5 Å². The third kappa shape index (κ3) is 4.87. The first-order valence-corrected chi connectivity index (χ1v) is 10.2. The monoisotopic (exact) mass is 378 g/mol. The van der Waals surface area contributed by atoms with Gasteiger partial charge < -0.3 is 10.2 Å². The number of nitrogens with one attached hydrogen (secondary N) is 1. The molecule has 2 amide bonds. The third-order valence-corrected chi connectivity index (χ3v) is 6.01. The van der Waals surface area contributed by atoms with E-state index < -0.39 is 0 Å². The lowest BCUT2D eigenvalue weighted by Gasteiger charge is -2.34. The Hall–Kier alpha value is -1.77. The van der Waals surface area contributed by atoms with E-state index >= 15 is 0 Å². The van der Waals surface area contributed by atoms with Crippen molar-refractivity contribution in [3.63, 3.8) is 0 Å². The highest BCUT2D eigenvalue weighted by Gasteiger charge is 2.23. The van der Waals surface area contributed by atoms with Crippen LogP contribution in [0.4, 0.5) is 0 Å². The zero-order valence-electron chi connectivity index (χ0n) is 14.2. The summed E-state index contributed by atoms with van der Waals surface area (Å²) in [6, 6.07) is 4.05. The number of rotatable bonds is 6. The minimum absolute atomic E-state index is 0.0471. The maximum absolute atomic E-state index is 12.5. The third-order valence-electron chi connectivity index (χ3n) is 4.08. The standard InChI is InChI=1S/C17H22N4O2S2/c1-2-18-15(22)11-20-5-7-21(8-6-20)16(23)10-13-12-25-17(19-13)14-4-3-9-24-14/h3-4,9,12H,2,5-8,10-11H2,1H3,(H,18,22). The number of hydrogen-bond donors (Lipinski definition) is 1. The Morgan fingerprint density at radius 3 is 2.72 bits per heavy atom. The second-order valence-corrected chi connectivity index (χ2v) is 7.71. The molecule has 6 nitrogen and oxygen atoms in total. The van der Waals surface area contributed by atoms with Crippen molar-refractivity contribution >= 4 is 34.5 Å². The molecule has 1 aliphatic rings. The number of carbonyl (C=O) groups excluding carboxylic acids is 2. The molecule has 0 saturated carbocycles. The average molecular weight is 379 g/mol. The molecule has 0 bridgehead atoms. The summed E-state index contributed by atoms with van der Waals surface area (Å²) in [5, 5.41) is 7.78. The van der Waals surface area contributed by atoms with E-state index in [0.29, 0.717) is 32.6 Å². The summed E-state index contributed by atoms with van der Waals surface area (Å²) in [5.41, 5.74) is 0.836. The molecule has 0 spiro atoms. The van der Waals surface area contributed by atoms with Gasteiger partial charge in [0.25, 0.3) is 0 Å². The van der Waals surface area contributed by atoms with Crippen LogP contribution in [0.15, 0.2) is 22.9 Å². The van der Waals surface area contributed by atoms with E-state index in [-0.39, 0.29) is 11.8 Å². The van der Waals surface area contributed by atoms with E-state index in [1.165, 1.54) is 0 Å². The number of amides is 2. The maximum atomic E-state index is 12.5. The number of likely N-dealkylation sites (N-methyl/N-ethyl adjacent to an activating group) is 1. The van der Waals surface area contributed by atoms with Crippen molar-refractivity contribution < 1.29 is 9.59 Å². The van der Waals surface area contributed by atoms with Crippen LogP contribution in [-0.2, 0) is 16.0 Å². The highest BCUT2D eigenvalue weighted by Crippen LogP contribution is 2.28. The second kappa shape index (κ2) is 8.55. The molecule has 2 aromatic heterocycles. The summed E-state index contributed by atoms with van der Waals surface area (Å²) < 4.78 is 0. The van der Waals surface area contributed by atoms with Crippen LogP contribution >= 0.6 is 22.7 Å². The lowest BCUT2D eigenvalue weighted by molar-refractivity contribution is -0.132. The maximum Gasteiger partial charge on any atom is 0.234 e. The van der Waals surface area contributed by atoms with Gasteiger partial charge in [-0.15, -0.1) is 22.7 Å². The van der Waals surface area contributed by atoms with Gasteiger partial charge in [-0.25, -0.2) is 4.98 Å². The Morgan fingerprint density at radius 1 is 1.24 bits per heavy atom. The van der Waals surface area contributed by atoms with Crippen LogP contribution in [-0.4, -0.2) is 65.9 Å². The predicted molar refractivity (Wildman–Crippen MR) is 101 cm³/mol. The molecule has 1 saturated heterocycles. The fourth-order valence-corrected chi connectivity index (χ4v) is 4.41. The summed E-state index contributed by atoms with van der Waals surface area (Å²) in [4.78, 5) is 33.8. The van der Waals surface area contributed by atoms with Crippen molar-refractivity contribution in [3.05, 3.63) is 28.6 Å². The van der Waals surface area contributed by atoms with Crippen molar-refractivity contribution in [1.29, 1.82) is 0 Å². The Morgan fingerprint density at radius 2 is 2.04 bits per heavy atom. The first-order valence-electron chi connectivity index (χ1n) is 8.41. The van der Waals surface area contributed by atoms with Gasteiger partial charge in [-0.3, -0.25) is 14.5 Å². The van der Waals surface area contributed by atoms with Crippen molar-refractivity contribution in [1.82, 2.24) is 20.1 Å². The molecule has 0 radical (unpaired) electrons. The van der Waals surface area contributed by atoms with E-state index in [4.69, 9.17) is 0 Å². The first-order chi connectivity index (χ1) is 12.2. The molecule has 1 aliphatic heterocycles. The SMILES string of the molecule is CCNC(=O)CN1CCN(C(=O)Cc2csc(-c3cccs3)n2)CC1. The van der Waals surface area contributed by atoms with E-state index in [2.05, 4.69) is 15.2 Å². The van der Waals surface area contributed by atoms with Crippen molar-refractivity contribution in [2.45, 2.75) is 13.3 Å². The molecule has 8 heteroatoms. The molecular formula is C17H22N4O2S2. The molecule has 3 heterocycles. The number of piperazine rings is 1. The molecule has 0 unspecified atom stereocenters. The van der Waals surface area contributed by atoms with Crippen LogP contribution < -0.4 is 5.32 Å². The lowest BCUT2D eigenvalue weighted by atomic mass is 10.2. The summed E-state index contributed by atoms with van der Waals surface area (Å²) in [5.74, 6) is 0.159. The van der Waals surface area contributed by atoms with Gasteiger partial charge in [-0.2, -0.15) is 0 Å². The van der Waals surface area contributed by atoms with Crippen molar-refractivity contribution in [3.8, 4) is 9.88 Å². The molecule has 0 aromatic carbocycles. The molecule has 0 aliphatic carbocycles. The van der Waals surface area contributed by atoms with Crippen LogP contribution in [0.3, 0.4) is 0 Å². The van der Waals surface area contributed by atoms with Crippen LogP contribution in [0.5, 0.6) is 0 Å². The molecule has 1 N–H and O–H groups in total. The van der Waals surface area contributed by atoms with Gasteiger partial charge in [0.2, 0.25) is 11.8 Å². The number of hydrogen-bond acceptors (Lipinski definition) is 6. The fourth-order valence-electron chi connectivity index (χ4n) is 2.78. The van der Waals surface area contributed by atoms with Crippen molar-refractivity contribution in [2.24, 2.45) is 0 Å². The number of thiazole rings is 1. The summed E-state index contributed by atoms with van der Waals surface area (Å²) in [6.45, 7) is 5.78.